The van der Waals surface area contributed by atoms with E-state index in [9.17, 15) is 13.6 Å². The zero-order chi connectivity index (χ0) is 19.0. The highest BCUT2D eigenvalue weighted by molar-refractivity contribution is 5.92. The van der Waals surface area contributed by atoms with Crippen LogP contribution < -0.4 is 14.8 Å². The largest absolute Gasteiger partial charge is 0.493 e. The number of alkyl halides is 2. The van der Waals surface area contributed by atoms with E-state index in [1.165, 1.54) is 6.20 Å². The van der Waals surface area contributed by atoms with E-state index in [0.717, 1.165) is 17.7 Å². The number of halogens is 2. The van der Waals surface area contributed by atoms with E-state index in [4.69, 9.17) is 9.47 Å². The van der Waals surface area contributed by atoms with Gasteiger partial charge >= 0.3 is 0 Å². The van der Waals surface area contributed by atoms with Gasteiger partial charge in [0.2, 0.25) is 11.8 Å². The van der Waals surface area contributed by atoms with Crippen molar-refractivity contribution in [2.24, 2.45) is 11.8 Å². The Bertz CT molecular complexity index is 864. The molecular weight excluding hydrogens is 354 g/mol. The molecule has 5 nitrogen and oxygen atoms in total. The Kier molecular flexibility index (Phi) is 4.45. The van der Waals surface area contributed by atoms with Gasteiger partial charge in [-0.2, -0.15) is 0 Å². The summed E-state index contributed by atoms with van der Waals surface area (Å²) in [6, 6.07) is 8.90. The number of carbonyl (C=O) groups is 1. The fraction of sp³-hybridized carbons (Fsp3) is 0.400. The van der Waals surface area contributed by atoms with E-state index in [1.807, 2.05) is 18.2 Å². The zero-order valence-corrected chi connectivity index (χ0v) is 14.9. The van der Waals surface area contributed by atoms with E-state index < -0.39 is 30.6 Å². The first-order valence-corrected chi connectivity index (χ1v) is 8.96. The molecule has 1 aliphatic carbocycles. The number of carbonyl (C=O) groups excluding carboxylic acids is 1. The summed E-state index contributed by atoms with van der Waals surface area (Å²) in [4.78, 5) is 16.1. The van der Waals surface area contributed by atoms with Gasteiger partial charge in [0.05, 0.1) is 6.61 Å². The minimum atomic E-state index is -2.73. The van der Waals surface area contributed by atoms with Gasteiger partial charge in [-0.1, -0.05) is 6.92 Å². The minimum Gasteiger partial charge on any atom is -0.493 e. The number of ether oxygens (including phenoxy) is 2. The van der Waals surface area contributed by atoms with Gasteiger partial charge in [0.25, 0.3) is 0 Å². The number of hydrogen-bond acceptors (Lipinski definition) is 4. The summed E-state index contributed by atoms with van der Waals surface area (Å²) >= 11 is 0. The number of amides is 1. The van der Waals surface area contributed by atoms with Crippen LogP contribution in [0, 0.1) is 11.8 Å². The second kappa shape index (κ2) is 6.79. The van der Waals surface area contributed by atoms with Crippen molar-refractivity contribution in [3.05, 3.63) is 42.1 Å². The molecule has 7 heteroatoms. The van der Waals surface area contributed by atoms with Gasteiger partial charge in [-0.15, -0.1) is 0 Å². The lowest BCUT2D eigenvalue weighted by Crippen LogP contribution is -2.42. The molecule has 1 atom stereocenters. The van der Waals surface area contributed by atoms with Crippen LogP contribution in [0.4, 0.5) is 14.6 Å². The first-order chi connectivity index (χ1) is 12.9. The highest BCUT2D eigenvalue weighted by atomic mass is 19.3. The molecule has 2 heterocycles. The fourth-order valence-electron chi connectivity index (χ4n) is 3.34. The van der Waals surface area contributed by atoms with Gasteiger partial charge in [0, 0.05) is 31.0 Å². The second-order valence-corrected chi connectivity index (χ2v) is 7.32. The molecule has 0 bridgehead atoms. The molecule has 0 spiro atoms. The van der Waals surface area contributed by atoms with Gasteiger partial charge in [-0.05, 0) is 42.2 Å². The number of nitrogens with one attached hydrogen (secondary N) is 1. The highest BCUT2D eigenvalue weighted by Gasteiger charge is 2.48. The highest BCUT2D eigenvalue weighted by Crippen LogP contribution is 2.42. The maximum Gasteiger partial charge on any atom is 0.249 e. The predicted octanol–water partition coefficient (Wildman–Crippen LogP) is 4.43. The van der Waals surface area contributed by atoms with Crippen molar-refractivity contribution in [3.63, 3.8) is 0 Å². The summed E-state index contributed by atoms with van der Waals surface area (Å²) in [5, 5.41) is 2.58. The molecule has 1 N–H and O–H groups in total. The van der Waals surface area contributed by atoms with Crippen LogP contribution in [0.3, 0.4) is 0 Å². The van der Waals surface area contributed by atoms with Crippen LogP contribution in [0.5, 0.6) is 17.2 Å². The van der Waals surface area contributed by atoms with Crippen molar-refractivity contribution >= 4 is 11.7 Å². The van der Waals surface area contributed by atoms with E-state index in [1.54, 1.807) is 12.1 Å². The quantitative estimate of drug-likeness (QED) is 0.860. The van der Waals surface area contributed by atoms with Gasteiger partial charge in [-0.25, -0.2) is 13.8 Å². The summed E-state index contributed by atoms with van der Waals surface area (Å²) in [5.74, 6) is -1.07. The third-order valence-electron chi connectivity index (χ3n) is 4.80. The van der Waals surface area contributed by atoms with Crippen molar-refractivity contribution in [3.8, 4) is 17.2 Å². The van der Waals surface area contributed by atoms with Gasteiger partial charge in [0.1, 0.15) is 23.1 Å². The predicted molar refractivity (Wildman–Crippen MR) is 95.4 cm³/mol. The van der Waals surface area contributed by atoms with Crippen molar-refractivity contribution in [1.29, 1.82) is 0 Å². The van der Waals surface area contributed by atoms with Crippen LogP contribution in [-0.2, 0) is 11.2 Å². The Morgan fingerprint density at radius 1 is 1.26 bits per heavy atom. The summed E-state index contributed by atoms with van der Waals surface area (Å²) in [5.41, 5.74) is 1.10. The third-order valence-corrected chi connectivity index (χ3v) is 4.80. The SMILES string of the molecule is CC1COc2ccc(Oc3ccnc(NC(=O)C4CC(F)(F)C4)c3)cc2C1. The molecule has 2 aromatic rings. The Morgan fingerprint density at radius 2 is 2.04 bits per heavy atom. The van der Waals surface area contributed by atoms with Crippen LogP contribution in [0.1, 0.15) is 25.3 Å². The van der Waals surface area contributed by atoms with E-state index in [0.29, 0.717) is 24.0 Å². The summed E-state index contributed by atoms with van der Waals surface area (Å²) in [7, 11) is 0. The number of nitrogens with zero attached hydrogens (tertiary/aromatic N) is 1. The molecule has 1 saturated carbocycles. The zero-order valence-electron chi connectivity index (χ0n) is 14.9. The minimum absolute atomic E-state index is 0.280. The van der Waals surface area contributed by atoms with Crippen molar-refractivity contribution in [1.82, 2.24) is 4.98 Å². The lowest BCUT2D eigenvalue weighted by Gasteiger charge is -2.33. The smallest absolute Gasteiger partial charge is 0.249 e. The van der Waals surface area contributed by atoms with E-state index in [-0.39, 0.29) is 5.82 Å². The number of rotatable bonds is 4. The monoisotopic (exact) mass is 374 g/mol. The molecule has 1 aromatic heterocycles. The van der Waals surface area contributed by atoms with E-state index in [2.05, 4.69) is 17.2 Å². The number of aromatic nitrogens is 1. The Morgan fingerprint density at radius 3 is 2.81 bits per heavy atom. The van der Waals surface area contributed by atoms with Crippen LogP contribution in [0.25, 0.3) is 0 Å². The molecule has 0 radical (unpaired) electrons. The lowest BCUT2D eigenvalue weighted by molar-refractivity contribution is -0.145. The number of fused-ring (bicyclic) bond motifs is 1. The Hall–Kier alpha value is -2.70. The number of anilines is 1. The summed E-state index contributed by atoms with van der Waals surface area (Å²) in [6.45, 7) is 2.85. The standard InChI is InChI=1S/C20H20F2N2O3/c1-12-6-13-7-15(2-3-17(13)26-11-12)27-16-4-5-23-18(8-16)24-19(25)14-9-20(21,22)10-14/h2-5,7-8,12,14H,6,9-11H2,1H3,(H,23,24,25). The number of benzene rings is 1. The van der Waals surface area contributed by atoms with Crippen LogP contribution in [0.2, 0.25) is 0 Å². The summed E-state index contributed by atoms with van der Waals surface area (Å²) < 4.78 is 37.4. The molecule has 1 aromatic carbocycles. The topological polar surface area (TPSA) is 60.5 Å². The second-order valence-electron chi connectivity index (χ2n) is 7.32. The molecule has 1 unspecified atom stereocenters. The molecule has 1 aliphatic heterocycles. The maximum atomic E-state index is 12.9. The number of hydrogen-bond donors (Lipinski definition) is 1. The molecular formula is C20H20F2N2O3. The molecule has 4 rings (SSSR count). The fourth-order valence-corrected chi connectivity index (χ4v) is 3.34. The average molecular weight is 374 g/mol. The maximum absolute atomic E-state index is 12.9. The molecule has 0 saturated heterocycles. The Labute approximate surface area is 155 Å². The van der Waals surface area contributed by atoms with Crippen LogP contribution in [-0.4, -0.2) is 23.4 Å². The van der Waals surface area contributed by atoms with Crippen LogP contribution in [0.15, 0.2) is 36.5 Å². The van der Waals surface area contributed by atoms with Crippen LogP contribution >= 0.6 is 0 Å². The third kappa shape index (κ3) is 4.02. The molecule has 142 valence electrons. The van der Waals surface area contributed by atoms with E-state index >= 15 is 0 Å². The van der Waals surface area contributed by atoms with Gasteiger partial charge < -0.3 is 14.8 Å². The van der Waals surface area contributed by atoms with Gasteiger partial charge in [-0.3, -0.25) is 4.79 Å². The lowest BCUT2D eigenvalue weighted by atomic mass is 9.81. The average Bonchev–Trinajstić information content (AvgIpc) is 2.59. The molecule has 2 aliphatic rings. The molecule has 1 amide bonds. The Balaban J connectivity index is 1.42. The van der Waals surface area contributed by atoms with Crippen molar-refractivity contribution < 1.29 is 23.0 Å². The summed E-state index contributed by atoms with van der Waals surface area (Å²) in [6.07, 6.45) is 1.61. The first-order valence-electron chi connectivity index (χ1n) is 8.96. The first kappa shape index (κ1) is 17.7. The van der Waals surface area contributed by atoms with Gasteiger partial charge in [0.15, 0.2) is 0 Å². The van der Waals surface area contributed by atoms with Crippen molar-refractivity contribution in [2.45, 2.75) is 32.1 Å². The molecule has 27 heavy (non-hydrogen) atoms. The normalized spacial score (nSPS) is 20.8. The molecule has 1 fully saturated rings. The number of pyridine rings is 1. The van der Waals surface area contributed by atoms with Crippen molar-refractivity contribution in [2.75, 3.05) is 11.9 Å².